The summed E-state index contributed by atoms with van der Waals surface area (Å²) in [5, 5.41) is 27.0. The minimum atomic E-state index is -1.46. The van der Waals surface area contributed by atoms with Gasteiger partial charge in [0.2, 0.25) is 0 Å². The lowest BCUT2D eigenvalue weighted by molar-refractivity contribution is -0.385. The van der Waals surface area contributed by atoms with Crippen molar-refractivity contribution in [2.24, 2.45) is 5.92 Å². The number of nitro benzene ring substituents is 1. The second-order valence-corrected chi connectivity index (χ2v) is 10.6. The molecular weight excluding hydrogens is 554 g/mol. The molecule has 0 bridgehead atoms. The number of carboxylic acid groups (broad SMARTS) is 1. The molecule has 4 unspecified atom stereocenters. The molecule has 40 heavy (non-hydrogen) atoms. The third-order valence-corrected chi connectivity index (χ3v) is 8.09. The van der Waals surface area contributed by atoms with Crippen molar-refractivity contribution in [2.75, 3.05) is 5.32 Å². The number of hydrogen-bond acceptors (Lipinski definition) is 6. The Hall–Kier alpha value is -4.54. The number of carbonyl (C=O) groups is 3. The summed E-state index contributed by atoms with van der Waals surface area (Å²) in [4.78, 5) is 53.9. The van der Waals surface area contributed by atoms with Crippen LogP contribution in [0.3, 0.4) is 0 Å². The Bertz CT molecular complexity index is 1580. The molecule has 0 saturated carbocycles. The lowest BCUT2D eigenvalue weighted by Gasteiger charge is -2.30. The van der Waals surface area contributed by atoms with Crippen molar-refractivity contribution in [1.29, 1.82) is 0 Å². The number of para-hydroxylation sites is 1. The first-order chi connectivity index (χ1) is 19.3. The molecule has 2 amide bonds. The zero-order valence-corrected chi connectivity index (χ0v) is 22.3. The second kappa shape index (κ2) is 11.3. The monoisotopic (exact) mass is 575 g/mol. The maximum Gasteiger partial charge on any atom is 0.327 e. The van der Waals surface area contributed by atoms with Crippen LogP contribution in [0.1, 0.15) is 32.8 Å². The second-order valence-electron chi connectivity index (χ2n) is 9.23. The summed E-state index contributed by atoms with van der Waals surface area (Å²) in [6.45, 7) is 0. The number of nitrogens with one attached hydrogen (secondary N) is 1. The van der Waals surface area contributed by atoms with Crippen molar-refractivity contribution in [2.45, 2.75) is 18.0 Å². The molecule has 202 valence electrons. The average molecular weight is 576 g/mol. The van der Waals surface area contributed by atoms with Crippen molar-refractivity contribution in [3.8, 4) is 0 Å². The molecule has 1 aliphatic heterocycles. The highest BCUT2D eigenvalue weighted by atomic mass is 35.5. The number of halogens is 1. The van der Waals surface area contributed by atoms with Gasteiger partial charge in [0.15, 0.2) is 5.78 Å². The van der Waals surface area contributed by atoms with Gasteiger partial charge in [-0.15, -0.1) is 11.3 Å². The van der Waals surface area contributed by atoms with Crippen LogP contribution in [0, 0.1) is 16.0 Å². The lowest BCUT2D eigenvalue weighted by Crippen LogP contribution is -2.45. The predicted molar refractivity (Wildman–Crippen MR) is 151 cm³/mol. The molecule has 1 saturated heterocycles. The van der Waals surface area contributed by atoms with E-state index in [1.54, 1.807) is 72.1 Å². The SMILES string of the molecule is O=C(c1cccc(Cl)c1)C1C(c2cccs2)C(C(=O)O)N(C(=O)Nc2ccccc2)C1c1cccc([N+](=O)[O-])c1. The van der Waals surface area contributed by atoms with Gasteiger partial charge in [-0.05, 0) is 41.3 Å². The van der Waals surface area contributed by atoms with Crippen LogP contribution >= 0.6 is 22.9 Å². The zero-order valence-electron chi connectivity index (χ0n) is 20.7. The van der Waals surface area contributed by atoms with Crippen LogP contribution in [-0.2, 0) is 4.79 Å². The molecule has 1 fully saturated rings. The maximum atomic E-state index is 14.3. The van der Waals surface area contributed by atoms with E-state index in [1.165, 1.54) is 35.6 Å². The van der Waals surface area contributed by atoms with Crippen molar-refractivity contribution in [3.63, 3.8) is 0 Å². The summed E-state index contributed by atoms with van der Waals surface area (Å²) >= 11 is 7.47. The molecule has 4 atom stereocenters. The number of benzene rings is 3. The average Bonchev–Trinajstić information content (AvgIpc) is 3.60. The van der Waals surface area contributed by atoms with Crippen molar-refractivity contribution >= 4 is 52.1 Å². The summed E-state index contributed by atoms with van der Waals surface area (Å²) in [5.74, 6) is -3.78. The highest BCUT2D eigenvalue weighted by Crippen LogP contribution is 2.52. The fourth-order valence-electron chi connectivity index (χ4n) is 5.29. The van der Waals surface area contributed by atoms with Gasteiger partial charge in [-0.2, -0.15) is 0 Å². The van der Waals surface area contributed by atoms with E-state index in [1.807, 2.05) is 0 Å². The van der Waals surface area contributed by atoms with Gasteiger partial charge in [0.25, 0.3) is 5.69 Å². The summed E-state index contributed by atoms with van der Waals surface area (Å²) in [5.41, 5.74) is 0.681. The lowest BCUT2D eigenvalue weighted by atomic mass is 9.78. The number of nitrogens with zero attached hydrogens (tertiary/aromatic N) is 2. The molecule has 4 aromatic rings. The number of rotatable bonds is 7. The highest BCUT2D eigenvalue weighted by Gasteiger charge is 2.58. The maximum absolute atomic E-state index is 14.3. The van der Waals surface area contributed by atoms with Crippen LogP contribution in [0.5, 0.6) is 0 Å². The Balaban J connectivity index is 1.74. The molecule has 1 aromatic heterocycles. The minimum absolute atomic E-state index is 0.240. The normalized spacial score (nSPS) is 20.2. The molecule has 0 aliphatic carbocycles. The first kappa shape index (κ1) is 27.0. The molecule has 0 radical (unpaired) electrons. The number of anilines is 1. The van der Waals surface area contributed by atoms with Gasteiger partial charge >= 0.3 is 12.0 Å². The van der Waals surface area contributed by atoms with Gasteiger partial charge in [-0.25, -0.2) is 9.59 Å². The number of non-ortho nitro benzene ring substituents is 1. The Morgan fingerprint density at radius 2 is 1.70 bits per heavy atom. The van der Waals surface area contributed by atoms with Crippen LogP contribution < -0.4 is 5.32 Å². The van der Waals surface area contributed by atoms with E-state index in [9.17, 15) is 29.6 Å². The largest absolute Gasteiger partial charge is 0.480 e. The van der Waals surface area contributed by atoms with Crippen LogP contribution in [0.2, 0.25) is 5.02 Å². The molecular formula is C29H22ClN3O6S. The van der Waals surface area contributed by atoms with Gasteiger partial charge in [-0.1, -0.05) is 60.1 Å². The number of urea groups is 1. The number of ketones is 1. The Morgan fingerprint density at radius 1 is 0.950 bits per heavy atom. The highest BCUT2D eigenvalue weighted by molar-refractivity contribution is 7.10. The van der Waals surface area contributed by atoms with Crippen LogP contribution in [0.25, 0.3) is 0 Å². The van der Waals surface area contributed by atoms with E-state index in [0.717, 1.165) is 4.90 Å². The topological polar surface area (TPSA) is 130 Å². The van der Waals surface area contributed by atoms with Gasteiger partial charge in [0.1, 0.15) is 6.04 Å². The molecule has 2 N–H and O–H groups in total. The molecule has 1 aliphatic rings. The van der Waals surface area contributed by atoms with E-state index >= 15 is 0 Å². The first-order valence-electron chi connectivity index (χ1n) is 12.2. The molecule has 2 heterocycles. The number of aliphatic carboxylic acids is 1. The fourth-order valence-corrected chi connectivity index (χ4v) is 6.39. The zero-order chi connectivity index (χ0) is 28.4. The fraction of sp³-hybridized carbons (Fsp3) is 0.138. The van der Waals surface area contributed by atoms with Crippen molar-refractivity contribution in [1.82, 2.24) is 4.90 Å². The number of thiophene rings is 1. The third-order valence-electron chi connectivity index (χ3n) is 6.89. The quantitative estimate of drug-likeness (QED) is 0.144. The number of carboxylic acids is 1. The van der Waals surface area contributed by atoms with Gasteiger partial charge in [0, 0.05) is 39.2 Å². The summed E-state index contributed by atoms with van der Waals surface area (Å²) < 4.78 is 0. The van der Waals surface area contributed by atoms with E-state index in [4.69, 9.17) is 11.6 Å². The number of carbonyl (C=O) groups excluding carboxylic acids is 2. The van der Waals surface area contributed by atoms with Gasteiger partial charge in [0.05, 0.1) is 16.9 Å². The Morgan fingerprint density at radius 3 is 2.35 bits per heavy atom. The molecule has 3 aromatic carbocycles. The Labute approximate surface area is 237 Å². The molecule has 5 rings (SSSR count). The molecule has 9 nitrogen and oxygen atoms in total. The van der Waals surface area contributed by atoms with Crippen molar-refractivity contribution in [3.05, 3.63) is 128 Å². The number of hydrogen-bond donors (Lipinski definition) is 2. The third kappa shape index (κ3) is 5.18. The van der Waals surface area contributed by atoms with Gasteiger partial charge < -0.3 is 15.3 Å². The predicted octanol–water partition coefficient (Wildman–Crippen LogP) is 6.63. The standard InChI is InChI=1S/C29H22ClN3O6S/c30-19-9-4-8-18(15-19)27(34)24-23(22-13-6-14-40-22)26(28(35)36)32(29(37)31-20-10-2-1-3-11-20)25(24)17-7-5-12-21(16-17)33(38)39/h1-16,23-26H,(H,31,37)(H,35,36). The number of amides is 2. The number of nitro groups is 1. The Kier molecular flexibility index (Phi) is 7.63. The van der Waals surface area contributed by atoms with E-state index in [2.05, 4.69) is 5.32 Å². The van der Waals surface area contributed by atoms with Crippen LogP contribution in [0.15, 0.2) is 96.4 Å². The summed E-state index contributed by atoms with van der Waals surface area (Å²) in [7, 11) is 0. The van der Waals surface area contributed by atoms with Gasteiger partial charge in [-0.3, -0.25) is 14.9 Å². The summed E-state index contributed by atoms with van der Waals surface area (Å²) in [6.07, 6.45) is 0. The number of Topliss-reactive ketones (excluding diaryl/α,β-unsaturated/α-hetero) is 1. The minimum Gasteiger partial charge on any atom is -0.480 e. The number of likely N-dealkylation sites (tertiary alicyclic amines) is 1. The molecule has 11 heteroatoms. The van der Waals surface area contributed by atoms with Crippen LogP contribution in [-0.4, -0.2) is 38.8 Å². The smallest absolute Gasteiger partial charge is 0.327 e. The summed E-state index contributed by atoms with van der Waals surface area (Å²) in [6, 6.07) is 20.5. The molecule has 0 spiro atoms. The first-order valence-corrected chi connectivity index (χ1v) is 13.5. The van der Waals surface area contributed by atoms with E-state index in [0.29, 0.717) is 15.6 Å². The van der Waals surface area contributed by atoms with Crippen LogP contribution in [0.4, 0.5) is 16.2 Å². The van der Waals surface area contributed by atoms with E-state index < -0.39 is 46.6 Å². The van der Waals surface area contributed by atoms with Crippen molar-refractivity contribution < 1.29 is 24.4 Å². The van der Waals surface area contributed by atoms with E-state index in [-0.39, 0.29) is 16.8 Å².